The summed E-state index contributed by atoms with van der Waals surface area (Å²) >= 11 is 0. The molecule has 0 aromatic heterocycles. The summed E-state index contributed by atoms with van der Waals surface area (Å²) in [5, 5.41) is 3.51. The SMILES string of the molecule is CCN(CC1CCCN1)C(=O)C1CCCCCCC1. The van der Waals surface area contributed by atoms with Gasteiger partial charge in [0.25, 0.3) is 0 Å². The van der Waals surface area contributed by atoms with E-state index in [4.69, 9.17) is 0 Å². The number of carbonyl (C=O) groups excluding carboxylic acids is 1. The van der Waals surface area contributed by atoms with Gasteiger partial charge in [-0.1, -0.05) is 32.1 Å². The Labute approximate surface area is 118 Å². The molecule has 19 heavy (non-hydrogen) atoms. The lowest BCUT2D eigenvalue weighted by Gasteiger charge is -2.29. The second-order valence-corrected chi connectivity index (χ2v) is 6.21. The fraction of sp³-hybridized carbons (Fsp3) is 0.938. The number of nitrogens with zero attached hydrogens (tertiary/aromatic N) is 1. The fourth-order valence-electron chi connectivity index (χ4n) is 3.51. The zero-order valence-corrected chi connectivity index (χ0v) is 12.5. The topological polar surface area (TPSA) is 32.3 Å². The standard InChI is InChI=1S/C16H30N2O/c1-2-18(13-15-11-8-12-17-15)16(19)14-9-6-4-3-5-7-10-14/h14-15,17H,2-13H2,1H3. The molecule has 2 fully saturated rings. The Bertz CT molecular complexity index is 266. The second kappa shape index (κ2) is 7.88. The van der Waals surface area contributed by atoms with Gasteiger partial charge in [-0.25, -0.2) is 0 Å². The molecule has 1 N–H and O–H groups in total. The molecule has 0 aromatic rings. The normalized spacial score (nSPS) is 25.8. The van der Waals surface area contributed by atoms with E-state index in [1.165, 1.54) is 44.9 Å². The van der Waals surface area contributed by atoms with Crippen LogP contribution in [-0.2, 0) is 4.79 Å². The maximum atomic E-state index is 12.7. The van der Waals surface area contributed by atoms with Gasteiger partial charge in [-0.3, -0.25) is 4.79 Å². The monoisotopic (exact) mass is 266 g/mol. The third-order valence-corrected chi connectivity index (χ3v) is 4.75. The Kier molecular flexibility index (Phi) is 6.15. The zero-order valence-electron chi connectivity index (χ0n) is 12.5. The molecule has 3 nitrogen and oxygen atoms in total. The highest BCUT2D eigenvalue weighted by molar-refractivity contribution is 5.78. The van der Waals surface area contributed by atoms with Crippen LogP contribution in [0.15, 0.2) is 0 Å². The van der Waals surface area contributed by atoms with Crippen LogP contribution in [0.1, 0.15) is 64.7 Å². The minimum absolute atomic E-state index is 0.307. The molecule has 110 valence electrons. The maximum absolute atomic E-state index is 12.7. The molecule has 1 saturated heterocycles. The summed E-state index contributed by atoms with van der Waals surface area (Å²) in [4.78, 5) is 14.8. The molecule has 1 atom stereocenters. The Hall–Kier alpha value is -0.570. The van der Waals surface area contributed by atoms with Crippen LogP contribution in [0.25, 0.3) is 0 Å². The number of nitrogens with one attached hydrogen (secondary N) is 1. The third-order valence-electron chi connectivity index (χ3n) is 4.75. The van der Waals surface area contributed by atoms with Crippen molar-refractivity contribution < 1.29 is 4.79 Å². The molecular weight excluding hydrogens is 236 g/mol. The minimum atomic E-state index is 0.307. The molecule has 1 aliphatic heterocycles. The molecule has 0 bridgehead atoms. The van der Waals surface area contributed by atoms with Crippen molar-refractivity contribution in [3.05, 3.63) is 0 Å². The van der Waals surface area contributed by atoms with Crippen molar-refractivity contribution in [1.82, 2.24) is 10.2 Å². The summed E-state index contributed by atoms with van der Waals surface area (Å²) < 4.78 is 0. The summed E-state index contributed by atoms with van der Waals surface area (Å²) in [6, 6.07) is 0.539. The maximum Gasteiger partial charge on any atom is 0.225 e. The third kappa shape index (κ3) is 4.48. The van der Waals surface area contributed by atoms with Crippen LogP contribution in [-0.4, -0.2) is 36.5 Å². The average molecular weight is 266 g/mol. The van der Waals surface area contributed by atoms with Crippen LogP contribution in [0.5, 0.6) is 0 Å². The van der Waals surface area contributed by atoms with Crippen molar-refractivity contribution in [3.63, 3.8) is 0 Å². The van der Waals surface area contributed by atoms with Gasteiger partial charge in [-0.15, -0.1) is 0 Å². The lowest BCUT2D eigenvalue weighted by molar-refractivity contribution is -0.136. The van der Waals surface area contributed by atoms with Crippen molar-refractivity contribution in [3.8, 4) is 0 Å². The van der Waals surface area contributed by atoms with Gasteiger partial charge in [-0.05, 0) is 39.2 Å². The van der Waals surface area contributed by atoms with Crippen LogP contribution in [0.2, 0.25) is 0 Å². The zero-order chi connectivity index (χ0) is 13.5. The van der Waals surface area contributed by atoms with E-state index in [1.54, 1.807) is 0 Å². The van der Waals surface area contributed by atoms with Crippen molar-refractivity contribution >= 4 is 5.91 Å². The highest BCUT2D eigenvalue weighted by Gasteiger charge is 2.26. The van der Waals surface area contributed by atoms with Gasteiger partial charge in [0.2, 0.25) is 5.91 Å². The molecule has 2 aliphatic rings. The fourth-order valence-corrected chi connectivity index (χ4v) is 3.51. The number of carbonyl (C=O) groups is 1. The number of amides is 1. The van der Waals surface area contributed by atoms with Crippen molar-refractivity contribution in [2.45, 2.75) is 70.8 Å². The van der Waals surface area contributed by atoms with Gasteiger partial charge >= 0.3 is 0 Å². The van der Waals surface area contributed by atoms with E-state index < -0.39 is 0 Å². The molecule has 0 radical (unpaired) electrons. The summed E-state index contributed by atoms with van der Waals surface area (Å²) in [5.74, 6) is 0.736. The van der Waals surface area contributed by atoms with E-state index in [-0.39, 0.29) is 0 Å². The van der Waals surface area contributed by atoms with Crippen molar-refractivity contribution in [2.24, 2.45) is 5.92 Å². The Morgan fingerprint density at radius 3 is 2.32 bits per heavy atom. The van der Waals surface area contributed by atoms with E-state index in [9.17, 15) is 4.79 Å². The van der Waals surface area contributed by atoms with Crippen LogP contribution < -0.4 is 5.32 Å². The van der Waals surface area contributed by atoms with Crippen molar-refractivity contribution in [1.29, 1.82) is 0 Å². The van der Waals surface area contributed by atoms with E-state index >= 15 is 0 Å². The molecule has 1 saturated carbocycles. The summed E-state index contributed by atoms with van der Waals surface area (Å²) in [7, 11) is 0. The van der Waals surface area contributed by atoms with Crippen LogP contribution in [0.4, 0.5) is 0 Å². The predicted octanol–water partition coefficient (Wildman–Crippen LogP) is 2.95. The van der Waals surface area contributed by atoms with Gasteiger partial charge in [0.05, 0.1) is 0 Å². The Morgan fingerprint density at radius 2 is 1.74 bits per heavy atom. The van der Waals surface area contributed by atoms with E-state index in [0.717, 1.165) is 32.5 Å². The molecule has 1 amide bonds. The van der Waals surface area contributed by atoms with Crippen LogP contribution >= 0.6 is 0 Å². The number of likely N-dealkylation sites (N-methyl/N-ethyl adjacent to an activating group) is 1. The molecule has 0 spiro atoms. The highest BCUT2D eigenvalue weighted by Crippen LogP contribution is 2.24. The first-order valence-electron chi connectivity index (χ1n) is 8.33. The Morgan fingerprint density at radius 1 is 1.05 bits per heavy atom. The summed E-state index contributed by atoms with van der Waals surface area (Å²) in [6.07, 6.45) is 11.2. The molecule has 1 heterocycles. The van der Waals surface area contributed by atoms with Gasteiger partial charge in [0.1, 0.15) is 0 Å². The first-order chi connectivity index (χ1) is 9.31. The van der Waals surface area contributed by atoms with Gasteiger partial charge < -0.3 is 10.2 Å². The first kappa shape index (κ1) is 14.8. The molecule has 0 aromatic carbocycles. The molecule has 3 heteroatoms. The van der Waals surface area contributed by atoms with Gasteiger partial charge in [0.15, 0.2) is 0 Å². The van der Waals surface area contributed by atoms with Crippen LogP contribution in [0.3, 0.4) is 0 Å². The van der Waals surface area contributed by atoms with Gasteiger partial charge in [-0.2, -0.15) is 0 Å². The lowest BCUT2D eigenvalue weighted by Crippen LogP contribution is -2.43. The highest BCUT2D eigenvalue weighted by atomic mass is 16.2. The second-order valence-electron chi connectivity index (χ2n) is 6.21. The smallest absolute Gasteiger partial charge is 0.225 e. The average Bonchev–Trinajstić information content (AvgIpc) is 2.87. The Balaban J connectivity index is 1.86. The van der Waals surface area contributed by atoms with Crippen molar-refractivity contribution in [2.75, 3.05) is 19.6 Å². The molecular formula is C16H30N2O. The quantitative estimate of drug-likeness (QED) is 0.848. The number of hydrogen-bond acceptors (Lipinski definition) is 2. The predicted molar refractivity (Wildman–Crippen MR) is 79.1 cm³/mol. The largest absolute Gasteiger partial charge is 0.341 e. The summed E-state index contributed by atoms with van der Waals surface area (Å²) in [6.45, 7) is 5.04. The van der Waals surface area contributed by atoms with Crippen LogP contribution in [0, 0.1) is 5.92 Å². The van der Waals surface area contributed by atoms with E-state index in [0.29, 0.717) is 17.9 Å². The first-order valence-corrected chi connectivity index (χ1v) is 8.33. The van der Waals surface area contributed by atoms with E-state index in [2.05, 4.69) is 17.1 Å². The molecule has 1 unspecified atom stereocenters. The molecule has 1 aliphatic carbocycles. The van der Waals surface area contributed by atoms with Gasteiger partial charge in [0, 0.05) is 25.0 Å². The minimum Gasteiger partial charge on any atom is -0.341 e. The lowest BCUT2D eigenvalue weighted by atomic mass is 9.90. The summed E-state index contributed by atoms with van der Waals surface area (Å²) in [5.41, 5.74) is 0. The number of hydrogen-bond donors (Lipinski definition) is 1. The molecule has 2 rings (SSSR count). The number of rotatable bonds is 4. The van der Waals surface area contributed by atoms with E-state index in [1.807, 2.05) is 0 Å².